The molecule has 0 spiro atoms. The molecule has 0 saturated heterocycles. The maximum Gasteiger partial charge on any atom is 0.242 e. The summed E-state index contributed by atoms with van der Waals surface area (Å²) in [6.07, 6.45) is 2.38. The number of hydrogen-bond donors (Lipinski definition) is 2. The highest BCUT2D eigenvalue weighted by molar-refractivity contribution is 7.89. The Bertz CT molecular complexity index is 602. The molecule has 0 atom stereocenters. The third kappa shape index (κ3) is 4.81. The number of ether oxygens (including phenoxy) is 1. The fourth-order valence-corrected chi connectivity index (χ4v) is 3.63. The van der Waals surface area contributed by atoms with E-state index in [9.17, 15) is 8.42 Å². The summed E-state index contributed by atoms with van der Waals surface area (Å²) < 4.78 is 32.1. The number of aliphatic hydroxyl groups is 1. The first-order chi connectivity index (χ1) is 9.94. The average Bonchev–Trinajstić information content (AvgIpc) is 3.22. The van der Waals surface area contributed by atoms with Gasteiger partial charge in [0.1, 0.15) is 4.90 Å². The standard InChI is InChI=1S/C13H17Cl2NO4S/c14-11-6-12(15)13(5-10(11)7-17)21(18,19)16-3-4-20-8-9-1-2-9/h5-6,9,16-17H,1-4,7-8H2. The largest absolute Gasteiger partial charge is 0.392 e. The maximum atomic E-state index is 12.2. The van der Waals surface area contributed by atoms with Crippen LogP contribution in [0.5, 0.6) is 0 Å². The van der Waals surface area contributed by atoms with Gasteiger partial charge in [0, 0.05) is 18.2 Å². The first kappa shape index (κ1) is 17.0. The van der Waals surface area contributed by atoms with Crippen LogP contribution in [0.4, 0.5) is 0 Å². The van der Waals surface area contributed by atoms with Crippen LogP contribution >= 0.6 is 23.2 Å². The van der Waals surface area contributed by atoms with Gasteiger partial charge < -0.3 is 9.84 Å². The van der Waals surface area contributed by atoms with E-state index < -0.39 is 10.0 Å². The van der Waals surface area contributed by atoms with Crippen LogP contribution in [-0.4, -0.2) is 33.3 Å². The second kappa shape index (κ2) is 7.26. The number of aliphatic hydroxyl groups excluding tert-OH is 1. The predicted octanol–water partition coefficient (Wildman–Crippen LogP) is 2.19. The molecule has 0 heterocycles. The summed E-state index contributed by atoms with van der Waals surface area (Å²) in [5.41, 5.74) is 0.312. The lowest BCUT2D eigenvalue weighted by Gasteiger charge is -2.11. The van der Waals surface area contributed by atoms with E-state index in [1.54, 1.807) is 0 Å². The van der Waals surface area contributed by atoms with Gasteiger partial charge in [-0.2, -0.15) is 0 Å². The molecule has 0 aliphatic heterocycles. The fraction of sp³-hybridized carbons (Fsp3) is 0.538. The van der Waals surface area contributed by atoms with Crippen molar-refractivity contribution in [2.45, 2.75) is 24.3 Å². The molecule has 1 fully saturated rings. The summed E-state index contributed by atoms with van der Waals surface area (Å²) >= 11 is 11.8. The van der Waals surface area contributed by atoms with Gasteiger partial charge in [-0.3, -0.25) is 0 Å². The van der Waals surface area contributed by atoms with E-state index in [1.165, 1.54) is 25.0 Å². The van der Waals surface area contributed by atoms with E-state index >= 15 is 0 Å². The summed E-state index contributed by atoms with van der Waals surface area (Å²) in [7, 11) is -3.76. The fourth-order valence-electron chi connectivity index (χ4n) is 1.76. The number of hydrogen-bond acceptors (Lipinski definition) is 4. The molecular formula is C13H17Cl2NO4S. The zero-order valence-corrected chi connectivity index (χ0v) is 13.6. The molecule has 0 aromatic heterocycles. The number of sulfonamides is 1. The Kier molecular flexibility index (Phi) is 5.88. The third-order valence-corrected chi connectivity index (χ3v) is 5.43. The van der Waals surface area contributed by atoms with Gasteiger partial charge in [0.2, 0.25) is 10.0 Å². The molecule has 2 rings (SSSR count). The summed E-state index contributed by atoms with van der Waals surface area (Å²) in [5.74, 6) is 0.638. The number of nitrogens with one attached hydrogen (secondary N) is 1. The Morgan fingerprint density at radius 2 is 2.00 bits per heavy atom. The number of rotatable bonds is 8. The van der Waals surface area contributed by atoms with E-state index in [2.05, 4.69) is 4.72 Å². The van der Waals surface area contributed by atoms with Gasteiger partial charge >= 0.3 is 0 Å². The van der Waals surface area contributed by atoms with Crippen LogP contribution in [0.25, 0.3) is 0 Å². The van der Waals surface area contributed by atoms with Crippen LogP contribution in [0.1, 0.15) is 18.4 Å². The highest BCUT2D eigenvalue weighted by Gasteiger charge is 2.22. The summed E-state index contributed by atoms with van der Waals surface area (Å²) in [5, 5.41) is 9.39. The van der Waals surface area contributed by atoms with Crippen molar-refractivity contribution in [2.75, 3.05) is 19.8 Å². The minimum atomic E-state index is -3.76. The van der Waals surface area contributed by atoms with Gasteiger partial charge in [0.15, 0.2) is 0 Å². The average molecular weight is 354 g/mol. The summed E-state index contributed by atoms with van der Waals surface area (Å²) in [6.45, 7) is 0.803. The zero-order valence-electron chi connectivity index (χ0n) is 11.3. The maximum absolute atomic E-state index is 12.2. The predicted molar refractivity (Wildman–Crippen MR) is 81.1 cm³/mol. The molecule has 0 bridgehead atoms. The first-order valence-electron chi connectivity index (χ1n) is 6.60. The van der Waals surface area contributed by atoms with E-state index in [0.717, 1.165) is 0 Å². The molecule has 21 heavy (non-hydrogen) atoms. The Morgan fingerprint density at radius 3 is 2.62 bits per heavy atom. The van der Waals surface area contributed by atoms with Crippen molar-refractivity contribution in [3.63, 3.8) is 0 Å². The highest BCUT2D eigenvalue weighted by Crippen LogP contribution is 2.29. The minimum Gasteiger partial charge on any atom is -0.392 e. The molecule has 1 aliphatic carbocycles. The molecule has 118 valence electrons. The van der Waals surface area contributed by atoms with Crippen molar-refractivity contribution in [1.29, 1.82) is 0 Å². The summed E-state index contributed by atoms with van der Waals surface area (Å²) in [4.78, 5) is -0.0974. The van der Waals surface area contributed by atoms with Crippen LogP contribution in [0.15, 0.2) is 17.0 Å². The molecule has 8 heteroatoms. The first-order valence-corrected chi connectivity index (χ1v) is 8.84. The van der Waals surface area contributed by atoms with Crippen molar-refractivity contribution in [2.24, 2.45) is 5.92 Å². The third-order valence-electron chi connectivity index (χ3n) is 3.15. The van der Waals surface area contributed by atoms with E-state index in [-0.39, 0.29) is 28.1 Å². The summed E-state index contributed by atoms with van der Waals surface area (Å²) in [6, 6.07) is 2.59. The Morgan fingerprint density at radius 1 is 1.29 bits per heavy atom. The van der Waals surface area contributed by atoms with Gasteiger partial charge in [-0.1, -0.05) is 23.2 Å². The van der Waals surface area contributed by atoms with Crippen molar-refractivity contribution in [3.8, 4) is 0 Å². The quantitative estimate of drug-likeness (QED) is 0.702. The van der Waals surface area contributed by atoms with Crippen LogP contribution in [0.3, 0.4) is 0 Å². The molecule has 1 aliphatic rings. The molecule has 1 aromatic carbocycles. The molecule has 1 aromatic rings. The Labute approximate surface area is 134 Å². The van der Waals surface area contributed by atoms with Gasteiger partial charge in [0.05, 0.1) is 18.2 Å². The SMILES string of the molecule is O=S(=O)(NCCOCC1CC1)c1cc(CO)c(Cl)cc1Cl. The number of benzene rings is 1. The van der Waals surface area contributed by atoms with Crippen molar-refractivity contribution >= 4 is 33.2 Å². The highest BCUT2D eigenvalue weighted by atomic mass is 35.5. The van der Waals surface area contributed by atoms with Crippen molar-refractivity contribution in [1.82, 2.24) is 4.72 Å². The minimum absolute atomic E-state index is 0.0172. The van der Waals surface area contributed by atoms with Crippen LogP contribution in [0.2, 0.25) is 10.0 Å². The lowest BCUT2D eigenvalue weighted by Crippen LogP contribution is -2.28. The molecule has 0 radical (unpaired) electrons. The normalized spacial score (nSPS) is 15.4. The van der Waals surface area contributed by atoms with Gasteiger partial charge in [-0.25, -0.2) is 13.1 Å². The number of halogens is 2. The second-order valence-electron chi connectivity index (χ2n) is 4.95. The van der Waals surface area contributed by atoms with E-state index in [1.807, 2.05) is 0 Å². The lowest BCUT2D eigenvalue weighted by atomic mass is 10.2. The van der Waals surface area contributed by atoms with Gasteiger partial charge in [-0.05, 0) is 36.5 Å². The van der Waals surface area contributed by atoms with Crippen LogP contribution < -0.4 is 4.72 Å². The van der Waals surface area contributed by atoms with Crippen molar-refractivity contribution in [3.05, 3.63) is 27.7 Å². The van der Waals surface area contributed by atoms with Gasteiger partial charge in [-0.15, -0.1) is 0 Å². The molecule has 0 unspecified atom stereocenters. The van der Waals surface area contributed by atoms with Crippen molar-refractivity contribution < 1.29 is 18.3 Å². The second-order valence-corrected chi connectivity index (χ2v) is 7.50. The molecule has 2 N–H and O–H groups in total. The van der Waals surface area contributed by atoms with Gasteiger partial charge in [0.25, 0.3) is 0 Å². The van der Waals surface area contributed by atoms with E-state index in [0.29, 0.717) is 24.7 Å². The van der Waals surface area contributed by atoms with Crippen LogP contribution in [0, 0.1) is 5.92 Å². The Balaban J connectivity index is 1.97. The topological polar surface area (TPSA) is 75.6 Å². The zero-order chi connectivity index (χ0) is 15.5. The molecule has 1 saturated carbocycles. The molecule has 0 amide bonds. The van der Waals surface area contributed by atoms with E-state index in [4.69, 9.17) is 33.0 Å². The lowest BCUT2D eigenvalue weighted by molar-refractivity contribution is 0.129. The molecular weight excluding hydrogens is 337 g/mol. The Hall–Kier alpha value is -0.370. The smallest absolute Gasteiger partial charge is 0.242 e. The molecule has 5 nitrogen and oxygen atoms in total. The monoisotopic (exact) mass is 353 g/mol. The van der Waals surface area contributed by atoms with Crippen LogP contribution in [-0.2, 0) is 21.4 Å².